The zero-order chi connectivity index (χ0) is 26.9. The number of amides is 2. The summed E-state index contributed by atoms with van der Waals surface area (Å²) in [5.41, 5.74) is 0.330. The molecule has 9 heteroatoms. The van der Waals surface area contributed by atoms with Crippen molar-refractivity contribution in [3.63, 3.8) is 0 Å². The van der Waals surface area contributed by atoms with Gasteiger partial charge in [0.15, 0.2) is 0 Å². The Bertz CT molecular complexity index is 1270. The highest BCUT2D eigenvalue weighted by molar-refractivity contribution is 6.30. The molecule has 2 saturated heterocycles. The summed E-state index contributed by atoms with van der Waals surface area (Å²) >= 11 is 5.94. The van der Waals surface area contributed by atoms with Crippen LogP contribution < -0.4 is 9.64 Å². The third-order valence-corrected chi connectivity index (χ3v) is 7.60. The Morgan fingerprint density at radius 2 is 1.68 bits per heavy atom. The van der Waals surface area contributed by atoms with Gasteiger partial charge in [-0.3, -0.25) is 4.90 Å². The van der Waals surface area contributed by atoms with Gasteiger partial charge in [0, 0.05) is 29.8 Å². The Hall–Kier alpha value is -3.23. The Balaban J connectivity index is 1.40. The second-order valence-electron chi connectivity index (χ2n) is 9.85. The maximum atomic E-state index is 13.6. The van der Waals surface area contributed by atoms with E-state index in [1.54, 1.807) is 64.4 Å². The van der Waals surface area contributed by atoms with Crippen LogP contribution in [0.25, 0.3) is 0 Å². The first-order chi connectivity index (χ1) is 18.2. The minimum Gasteiger partial charge on any atom is -0.457 e. The Labute approximate surface area is 225 Å². The van der Waals surface area contributed by atoms with E-state index < -0.39 is 17.8 Å². The summed E-state index contributed by atoms with van der Waals surface area (Å²) in [6.45, 7) is 1.92. The molecule has 200 valence electrons. The van der Waals surface area contributed by atoms with Crippen molar-refractivity contribution >= 4 is 23.3 Å². The molecule has 3 aromatic rings. The number of hydrogen-bond acceptors (Lipinski definition) is 3. The highest BCUT2D eigenvalue weighted by Crippen LogP contribution is 2.38. The molecule has 5 nitrogen and oxygen atoms in total. The van der Waals surface area contributed by atoms with E-state index in [9.17, 15) is 18.0 Å². The Morgan fingerprint density at radius 1 is 1.00 bits per heavy atom. The maximum Gasteiger partial charge on any atom is 0.416 e. The van der Waals surface area contributed by atoms with E-state index in [4.69, 9.17) is 16.3 Å². The number of likely N-dealkylation sites (tertiary alicyclic amines) is 1. The lowest BCUT2D eigenvalue weighted by Gasteiger charge is -2.25. The largest absolute Gasteiger partial charge is 0.457 e. The van der Waals surface area contributed by atoms with E-state index in [0.29, 0.717) is 46.9 Å². The van der Waals surface area contributed by atoms with E-state index in [-0.39, 0.29) is 6.03 Å². The number of alkyl halides is 3. The number of halogens is 4. The van der Waals surface area contributed by atoms with Gasteiger partial charge in [-0.05, 0) is 99.1 Å². The summed E-state index contributed by atoms with van der Waals surface area (Å²) in [4.78, 5) is 19.3. The van der Waals surface area contributed by atoms with Crippen molar-refractivity contribution in [2.24, 2.45) is 0 Å². The fraction of sp³-hybridized carbons (Fsp3) is 0.345. The number of nitrogens with zero attached hydrogens (tertiary/aromatic N) is 3. The third-order valence-electron chi connectivity index (χ3n) is 7.35. The van der Waals surface area contributed by atoms with Crippen molar-refractivity contribution in [3.05, 3.63) is 88.9 Å². The van der Waals surface area contributed by atoms with Gasteiger partial charge in [-0.2, -0.15) is 13.2 Å². The maximum absolute atomic E-state index is 13.6. The van der Waals surface area contributed by atoms with E-state index in [0.717, 1.165) is 37.9 Å². The van der Waals surface area contributed by atoms with Crippen molar-refractivity contribution in [3.8, 4) is 11.5 Å². The molecule has 0 N–H and O–H groups in total. The van der Waals surface area contributed by atoms with Gasteiger partial charge in [-0.15, -0.1) is 0 Å². The Morgan fingerprint density at radius 3 is 2.32 bits per heavy atom. The lowest BCUT2D eigenvalue weighted by atomic mass is 10.0. The second-order valence-corrected chi connectivity index (χ2v) is 10.3. The number of rotatable bonds is 7. The van der Waals surface area contributed by atoms with Crippen LogP contribution in [0.4, 0.5) is 23.7 Å². The van der Waals surface area contributed by atoms with Crippen molar-refractivity contribution < 1.29 is 22.7 Å². The van der Waals surface area contributed by atoms with Crippen LogP contribution in [-0.2, 0) is 6.18 Å². The van der Waals surface area contributed by atoms with E-state index in [2.05, 4.69) is 11.9 Å². The standard InChI is InChI=1S/C29H29ClF3N3O2/c1-34-16-3-6-23(34)15-17-35-19-27(20-4-2-5-21(18-20)29(31,32)33)36(28(35)37)24-9-13-26(14-10-24)38-25-11-7-22(30)8-12-25/h2,4-5,7-14,18,23,27H,3,6,15-17,19H2,1H3/t23?,27-/m1/s1. The number of ether oxygens (including phenoxy) is 1. The Kier molecular flexibility index (Phi) is 7.54. The van der Waals surface area contributed by atoms with Gasteiger partial charge in [0.1, 0.15) is 11.5 Å². The molecule has 2 aliphatic rings. The average Bonchev–Trinajstić information content (AvgIpc) is 3.46. The molecule has 0 bridgehead atoms. The first kappa shape index (κ1) is 26.4. The molecule has 0 radical (unpaired) electrons. The minimum atomic E-state index is -4.46. The average molecular weight is 544 g/mol. The number of urea groups is 1. The van der Waals surface area contributed by atoms with Crippen LogP contribution in [0.1, 0.15) is 36.4 Å². The van der Waals surface area contributed by atoms with Gasteiger partial charge in [-0.1, -0.05) is 23.7 Å². The number of anilines is 1. The monoisotopic (exact) mass is 543 g/mol. The molecule has 0 saturated carbocycles. The van der Waals surface area contributed by atoms with E-state index in [1.165, 1.54) is 6.07 Å². The molecule has 0 aliphatic carbocycles. The van der Waals surface area contributed by atoms with Crippen LogP contribution in [0.3, 0.4) is 0 Å². The quantitative estimate of drug-likeness (QED) is 0.307. The van der Waals surface area contributed by atoms with Crippen molar-refractivity contribution in [2.45, 2.75) is 37.5 Å². The molecular formula is C29H29ClF3N3O2. The first-order valence-corrected chi connectivity index (χ1v) is 13.1. The van der Waals surface area contributed by atoms with Gasteiger partial charge in [0.25, 0.3) is 0 Å². The van der Waals surface area contributed by atoms with Crippen LogP contribution >= 0.6 is 11.6 Å². The SMILES string of the molecule is CN1CCCC1CCN1C[C@H](c2cccc(C(F)(F)F)c2)N(c2ccc(Oc3ccc(Cl)cc3)cc2)C1=O. The zero-order valence-electron chi connectivity index (χ0n) is 21.0. The smallest absolute Gasteiger partial charge is 0.416 e. The predicted molar refractivity (Wildman–Crippen MR) is 142 cm³/mol. The lowest BCUT2D eigenvalue weighted by molar-refractivity contribution is -0.137. The summed E-state index contributed by atoms with van der Waals surface area (Å²) in [7, 11) is 2.09. The van der Waals surface area contributed by atoms with Crippen LogP contribution in [0.15, 0.2) is 72.8 Å². The predicted octanol–water partition coefficient (Wildman–Crippen LogP) is 7.62. The molecule has 2 fully saturated rings. The van der Waals surface area contributed by atoms with Gasteiger partial charge < -0.3 is 14.5 Å². The van der Waals surface area contributed by atoms with Crippen LogP contribution in [0, 0.1) is 0 Å². The zero-order valence-corrected chi connectivity index (χ0v) is 21.8. The summed E-state index contributed by atoms with van der Waals surface area (Å²) in [6, 6.07) is 18.9. The van der Waals surface area contributed by atoms with Gasteiger partial charge in [0.2, 0.25) is 0 Å². The molecule has 38 heavy (non-hydrogen) atoms. The highest BCUT2D eigenvalue weighted by Gasteiger charge is 2.40. The molecule has 2 aliphatic heterocycles. The molecular weight excluding hydrogens is 515 g/mol. The summed E-state index contributed by atoms with van der Waals surface area (Å²) in [5.74, 6) is 1.18. The number of hydrogen-bond donors (Lipinski definition) is 0. The van der Waals surface area contributed by atoms with E-state index >= 15 is 0 Å². The highest BCUT2D eigenvalue weighted by atomic mass is 35.5. The second kappa shape index (κ2) is 10.9. The number of benzene rings is 3. The topological polar surface area (TPSA) is 36.0 Å². The van der Waals surface area contributed by atoms with E-state index in [1.807, 2.05) is 0 Å². The molecule has 5 rings (SSSR count). The molecule has 2 heterocycles. The summed E-state index contributed by atoms with van der Waals surface area (Å²) in [6.07, 6.45) is -1.40. The normalized spacial score (nSPS) is 20.4. The fourth-order valence-electron chi connectivity index (χ4n) is 5.27. The van der Waals surface area contributed by atoms with Crippen molar-refractivity contribution in [1.82, 2.24) is 9.80 Å². The molecule has 0 spiro atoms. The number of carbonyl (C=O) groups excluding carboxylic acids is 1. The molecule has 3 aromatic carbocycles. The third kappa shape index (κ3) is 5.76. The fourth-order valence-corrected chi connectivity index (χ4v) is 5.40. The van der Waals surface area contributed by atoms with Gasteiger partial charge >= 0.3 is 12.2 Å². The molecule has 0 aromatic heterocycles. The van der Waals surface area contributed by atoms with Crippen molar-refractivity contribution in [1.29, 1.82) is 0 Å². The van der Waals surface area contributed by atoms with Crippen molar-refractivity contribution in [2.75, 3.05) is 31.6 Å². The molecule has 2 atom stereocenters. The first-order valence-electron chi connectivity index (χ1n) is 12.7. The summed E-state index contributed by atoms with van der Waals surface area (Å²) in [5, 5.41) is 0.602. The van der Waals surface area contributed by atoms with Gasteiger partial charge in [-0.25, -0.2) is 4.79 Å². The van der Waals surface area contributed by atoms with Crippen LogP contribution in [-0.4, -0.2) is 48.6 Å². The minimum absolute atomic E-state index is 0.209. The van der Waals surface area contributed by atoms with Crippen LogP contribution in [0.2, 0.25) is 5.02 Å². The van der Waals surface area contributed by atoms with Gasteiger partial charge in [0.05, 0.1) is 11.6 Å². The summed E-state index contributed by atoms with van der Waals surface area (Å²) < 4.78 is 46.3. The lowest BCUT2D eigenvalue weighted by Crippen LogP contribution is -2.35. The molecule has 2 amide bonds. The van der Waals surface area contributed by atoms with Crippen LogP contribution in [0.5, 0.6) is 11.5 Å². The number of carbonyl (C=O) groups is 1. The molecule has 1 unspecified atom stereocenters.